The Morgan fingerprint density at radius 2 is 1.72 bits per heavy atom. The number of amides is 1. The zero-order valence-electron chi connectivity index (χ0n) is 14.6. The second-order valence-electron chi connectivity index (χ2n) is 6.19. The number of benzene rings is 1. The average molecular weight is 353 g/mol. The Labute approximate surface area is 146 Å². The number of alkyl carbamates (subject to hydrolysis) is 1. The zero-order valence-corrected chi connectivity index (χ0v) is 14.6. The van der Waals surface area contributed by atoms with E-state index in [4.69, 9.17) is 9.47 Å². The van der Waals surface area contributed by atoms with Gasteiger partial charge in [-0.05, 0) is 26.3 Å². The Balaban J connectivity index is 2.80. The first-order valence-corrected chi connectivity index (χ1v) is 7.60. The van der Waals surface area contributed by atoms with Crippen LogP contribution in [0.5, 0.6) is 0 Å². The molecule has 0 bridgehead atoms. The highest BCUT2D eigenvalue weighted by atomic mass is 16.6. The summed E-state index contributed by atoms with van der Waals surface area (Å²) in [6, 6.07) is 7.15. The van der Waals surface area contributed by atoms with E-state index in [1.807, 2.05) is 0 Å². The third-order valence-electron chi connectivity index (χ3n) is 2.91. The van der Waals surface area contributed by atoms with Crippen molar-refractivity contribution in [2.75, 3.05) is 7.11 Å². The molecule has 0 aliphatic carbocycles. The number of carbonyl (C=O) groups excluding carboxylic acids is 3. The van der Waals surface area contributed by atoms with Crippen molar-refractivity contribution in [3.05, 3.63) is 35.9 Å². The van der Waals surface area contributed by atoms with E-state index in [9.17, 15) is 19.5 Å². The van der Waals surface area contributed by atoms with Crippen molar-refractivity contribution in [3.8, 4) is 0 Å². The second kappa shape index (κ2) is 9.03. The topological polar surface area (TPSA) is 111 Å². The van der Waals surface area contributed by atoms with Crippen LogP contribution in [0, 0.1) is 0 Å². The van der Waals surface area contributed by atoms with Gasteiger partial charge in [0, 0.05) is 0 Å². The summed E-state index contributed by atoms with van der Waals surface area (Å²) in [5, 5.41) is 12.1. The van der Waals surface area contributed by atoms with Crippen LogP contribution in [0.3, 0.4) is 0 Å². The van der Waals surface area contributed by atoms with E-state index in [1.54, 1.807) is 51.1 Å². The molecule has 1 aromatic rings. The maximum Gasteiger partial charge on any atom is 0.408 e. The third-order valence-corrected chi connectivity index (χ3v) is 2.91. The van der Waals surface area contributed by atoms with E-state index < -0.39 is 35.8 Å². The molecule has 2 atom stereocenters. The monoisotopic (exact) mass is 353 g/mol. The molecule has 1 aromatic carbocycles. The van der Waals surface area contributed by atoms with Gasteiger partial charge >= 0.3 is 18.0 Å². The first-order valence-electron chi connectivity index (χ1n) is 7.60. The first-order chi connectivity index (χ1) is 11.6. The van der Waals surface area contributed by atoms with Crippen molar-refractivity contribution in [1.82, 2.24) is 5.32 Å². The number of carbonyl (C=O) groups is 3. The maximum atomic E-state index is 12.2. The van der Waals surface area contributed by atoms with E-state index in [-0.39, 0.29) is 6.61 Å². The lowest BCUT2D eigenvalue weighted by atomic mass is 10.1. The van der Waals surface area contributed by atoms with Crippen LogP contribution >= 0.6 is 0 Å². The number of hydrogen-bond acceptors (Lipinski definition) is 7. The minimum atomic E-state index is -1.93. The molecule has 0 heterocycles. The summed E-state index contributed by atoms with van der Waals surface area (Å²) in [5.41, 5.74) is -0.113. The molecule has 25 heavy (non-hydrogen) atoms. The third kappa shape index (κ3) is 7.21. The lowest BCUT2D eigenvalue weighted by Crippen LogP contribution is -2.53. The predicted molar refractivity (Wildman–Crippen MR) is 87.4 cm³/mol. The fraction of sp³-hybridized carbons (Fsp3) is 0.471. The molecule has 1 amide bonds. The number of rotatable bonds is 6. The number of ether oxygens (including phenoxy) is 3. The highest BCUT2D eigenvalue weighted by molar-refractivity contribution is 5.89. The minimum Gasteiger partial charge on any atom is -0.467 e. The molecule has 138 valence electrons. The molecular formula is C17H23NO7. The lowest BCUT2D eigenvalue weighted by Gasteiger charge is -2.24. The normalized spacial score (nSPS) is 13.3. The molecule has 8 heteroatoms. The van der Waals surface area contributed by atoms with Gasteiger partial charge < -0.3 is 24.6 Å². The van der Waals surface area contributed by atoms with Crippen molar-refractivity contribution < 1.29 is 33.7 Å². The first kappa shape index (κ1) is 20.4. The molecule has 0 unspecified atom stereocenters. The van der Waals surface area contributed by atoms with Crippen molar-refractivity contribution in [2.45, 2.75) is 45.1 Å². The number of nitrogens with one attached hydrogen (secondary N) is 1. The van der Waals surface area contributed by atoms with Crippen molar-refractivity contribution in [2.24, 2.45) is 0 Å². The average Bonchev–Trinajstić information content (AvgIpc) is 2.55. The van der Waals surface area contributed by atoms with Gasteiger partial charge in [-0.3, -0.25) is 0 Å². The van der Waals surface area contributed by atoms with Crippen LogP contribution in [0.25, 0.3) is 0 Å². The smallest absolute Gasteiger partial charge is 0.408 e. The minimum absolute atomic E-state index is 0.0833. The zero-order chi connectivity index (χ0) is 19.0. The van der Waals surface area contributed by atoms with Gasteiger partial charge in [-0.2, -0.15) is 0 Å². The Hall–Kier alpha value is -2.61. The van der Waals surface area contributed by atoms with E-state index in [0.29, 0.717) is 5.56 Å². The molecule has 8 nitrogen and oxygen atoms in total. The van der Waals surface area contributed by atoms with Gasteiger partial charge in [0.1, 0.15) is 12.2 Å². The standard InChI is InChI=1S/C17H23NO7/c1-17(2,3)25-16(22)18-12(13(19)15(21)23-4)14(20)24-10-11-8-6-5-7-9-11/h5-9,12-13,19H,10H2,1-4H3,(H,18,22)/t12-,13-/m0/s1. The number of hydrogen-bond donors (Lipinski definition) is 2. The van der Waals surface area contributed by atoms with Gasteiger partial charge in [-0.1, -0.05) is 30.3 Å². The molecule has 2 N–H and O–H groups in total. The molecule has 1 rings (SSSR count). The molecule has 0 radical (unpaired) electrons. The number of aliphatic hydroxyl groups excluding tert-OH is 1. The van der Waals surface area contributed by atoms with Crippen LogP contribution in [-0.4, -0.2) is 48.0 Å². The molecule has 0 aromatic heterocycles. The molecular weight excluding hydrogens is 330 g/mol. The molecule has 0 spiro atoms. The van der Waals surface area contributed by atoms with E-state index >= 15 is 0 Å². The summed E-state index contributed by atoms with van der Waals surface area (Å²) in [6.07, 6.45) is -2.90. The van der Waals surface area contributed by atoms with Crippen LogP contribution in [0.4, 0.5) is 4.79 Å². The molecule has 0 saturated carbocycles. The van der Waals surface area contributed by atoms with Crippen molar-refractivity contribution in [3.63, 3.8) is 0 Å². The van der Waals surface area contributed by atoms with Gasteiger partial charge in [-0.25, -0.2) is 14.4 Å². The highest BCUT2D eigenvalue weighted by Crippen LogP contribution is 2.09. The molecule has 0 aliphatic heterocycles. The van der Waals surface area contributed by atoms with Crippen LogP contribution in [0.2, 0.25) is 0 Å². The SMILES string of the molecule is COC(=O)[C@@H](O)[C@H](NC(=O)OC(C)(C)C)C(=O)OCc1ccccc1. The van der Waals surface area contributed by atoms with Gasteiger partial charge in [0.2, 0.25) is 0 Å². The Bertz CT molecular complexity index is 595. The summed E-state index contributed by atoms with van der Waals surface area (Å²) in [7, 11) is 1.05. The molecule has 0 fully saturated rings. The van der Waals surface area contributed by atoms with Gasteiger partial charge in [0.15, 0.2) is 12.1 Å². The Morgan fingerprint density at radius 1 is 1.12 bits per heavy atom. The molecule has 0 saturated heterocycles. The van der Waals surface area contributed by atoms with E-state index in [2.05, 4.69) is 10.1 Å². The Kier molecular flexibility index (Phi) is 7.38. The highest BCUT2D eigenvalue weighted by Gasteiger charge is 2.36. The second-order valence-corrected chi connectivity index (χ2v) is 6.19. The van der Waals surface area contributed by atoms with Crippen LogP contribution in [0.15, 0.2) is 30.3 Å². The number of methoxy groups -OCH3 is 1. The quantitative estimate of drug-likeness (QED) is 0.583. The Morgan fingerprint density at radius 3 is 2.24 bits per heavy atom. The van der Waals surface area contributed by atoms with Crippen LogP contribution in [-0.2, 0) is 30.4 Å². The number of aliphatic hydroxyl groups is 1. The summed E-state index contributed by atoms with van der Waals surface area (Å²) < 4.78 is 14.5. The summed E-state index contributed by atoms with van der Waals surface area (Å²) in [5.74, 6) is -2.08. The van der Waals surface area contributed by atoms with Crippen LogP contribution in [0.1, 0.15) is 26.3 Å². The molecule has 0 aliphatic rings. The maximum absolute atomic E-state index is 12.2. The van der Waals surface area contributed by atoms with Gasteiger partial charge in [0.05, 0.1) is 7.11 Å². The van der Waals surface area contributed by atoms with Gasteiger partial charge in [0.25, 0.3) is 0 Å². The van der Waals surface area contributed by atoms with E-state index in [1.165, 1.54) is 0 Å². The largest absolute Gasteiger partial charge is 0.467 e. The fourth-order valence-corrected chi connectivity index (χ4v) is 1.78. The lowest BCUT2D eigenvalue weighted by molar-refractivity contribution is -0.161. The fourth-order valence-electron chi connectivity index (χ4n) is 1.78. The number of esters is 2. The summed E-state index contributed by atoms with van der Waals surface area (Å²) in [4.78, 5) is 35.6. The van der Waals surface area contributed by atoms with E-state index in [0.717, 1.165) is 7.11 Å². The van der Waals surface area contributed by atoms with Gasteiger partial charge in [-0.15, -0.1) is 0 Å². The summed E-state index contributed by atoms with van der Waals surface area (Å²) in [6.45, 7) is 4.81. The predicted octanol–water partition coefficient (Wildman–Crippen LogP) is 1.16. The van der Waals surface area contributed by atoms with Crippen LogP contribution < -0.4 is 5.32 Å². The van der Waals surface area contributed by atoms with Crippen molar-refractivity contribution >= 4 is 18.0 Å². The summed E-state index contributed by atoms with van der Waals surface area (Å²) >= 11 is 0. The van der Waals surface area contributed by atoms with Crippen molar-refractivity contribution in [1.29, 1.82) is 0 Å².